The van der Waals surface area contributed by atoms with Crippen molar-refractivity contribution in [3.8, 4) is 0 Å². The first kappa shape index (κ1) is 15.8. The molecule has 3 amide bonds. The van der Waals surface area contributed by atoms with Crippen LogP contribution in [0.4, 0.5) is 10.5 Å². The Morgan fingerprint density at radius 2 is 2.00 bits per heavy atom. The van der Waals surface area contributed by atoms with E-state index < -0.39 is 0 Å². The van der Waals surface area contributed by atoms with E-state index in [1.807, 2.05) is 19.2 Å². The molecule has 1 aromatic carbocycles. The second-order valence-corrected chi connectivity index (χ2v) is 6.58. The van der Waals surface area contributed by atoms with Gasteiger partial charge < -0.3 is 15.5 Å². The van der Waals surface area contributed by atoms with Crippen molar-refractivity contribution in [2.45, 2.75) is 57.5 Å². The molecule has 0 aromatic heterocycles. The molecule has 23 heavy (non-hydrogen) atoms. The fourth-order valence-corrected chi connectivity index (χ4v) is 3.49. The molecule has 5 nitrogen and oxygen atoms in total. The SMILES string of the molecule is CN1C(=O)CCc2cc(CNC(=O)NC3CCCCC3)ccc21. The third-order valence-electron chi connectivity index (χ3n) is 4.88. The molecule has 5 heteroatoms. The number of hydrogen-bond donors (Lipinski definition) is 2. The number of amides is 3. The number of nitrogens with one attached hydrogen (secondary N) is 2. The van der Waals surface area contributed by atoms with Gasteiger partial charge in [-0.25, -0.2) is 4.79 Å². The third-order valence-corrected chi connectivity index (χ3v) is 4.88. The number of aryl methyl sites for hydroxylation is 1. The number of carbonyl (C=O) groups is 2. The number of anilines is 1. The van der Waals surface area contributed by atoms with Gasteiger partial charge in [0.05, 0.1) is 0 Å². The van der Waals surface area contributed by atoms with Crippen LogP contribution < -0.4 is 15.5 Å². The van der Waals surface area contributed by atoms with E-state index in [0.29, 0.717) is 19.0 Å². The fourth-order valence-electron chi connectivity index (χ4n) is 3.49. The number of carbonyl (C=O) groups excluding carboxylic acids is 2. The van der Waals surface area contributed by atoms with E-state index in [1.165, 1.54) is 24.8 Å². The van der Waals surface area contributed by atoms with Crippen LogP contribution in [0.2, 0.25) is 0 Å². The maximum Gasteiger partial charge on any atom is 0.315 e. The molecule has 1 aliphatic carbocycles. The summed E-state index contributed by atoms with van der Waals surface area (Å²) in [6.07, 6.45) is 7.22. The Morgan fingerprint density at radius 1 is 1.22 bits per heavy atom. The number of benzene rings is 1. The van der Waals surface area contributed by atoms with Gasteiger partial charge in [-0.15, -0.1) is 0 Å². The highest BCUT2D eigenvalue weighted by Crippen LogP contribution is 2.27. The Kier molecular flexibility index (Phi) is 4.84. The van der Waals surface area contributed by atoms with Crippen LogP contribution in [0.1, 0.15) is 49.7 Å². The van der Waals surface area contributed by atoms with Crippen molar-refractivity contribution in [3.05, 3.63) is 29.3 Å². The summed E-state index contributed by atoms with van der Waals surface area (Å²) in [5.74, 6) is 0.162. The molecule has 1 saturated carbocycles. The van der Waals surface area contributed by atoms with Crippen molar-refractivity contribution < 1.29 is 9.59 Å². The van der Waals surface area contributed by atoms with Gasteiger partial charge in [0.15, 0.2) is 0 Å². The average Bonchev–Trinajstić information content (AvgIpc) is 2.57. The Bertz CT molecular complexity index is 594. The van der Waals surface area contributed by atoms with Gasteiger partial charge in [-0.1, -0.05) is 31.4 Å². The zero-order chi connectivity index (χ0) is 16.2. The standard InChI is InChI=1S/C18H25N3O2/c1-21-16-9-7-13(11-14(16)8-10-17(21)22)12-19-18(23)20-15-5-3-2-4-6-15/h7,9,11,15H,2-6,8,10,12H2,1H3,(H2,19,20,23). The number of urea groups is 1. The molecule has 0 bridgehead atoms. The van der Waals surface area contributed by atoms with E-state index in [9.17, 15) is 9.59 Å². The topological polar surface area (TPSA) is 61.4 Å². The van der Waals surface area contributed by atoms with E-state index in [4.69, 9.17) is 0 Å². The molecule has 1 aromatic rings. The van der Waals surface area contributed by atoms with E-state index in [1.54, 1.807) is 4.90 Å². The normalized spacial score (nSPS) is 18.5. The van der Waals surface area contributed by atoms with Crippen LogP contribution >= 0.6 is 0 Å². The molecule has 2 N–H and O–H groups in total. The summed E-state index contributed by atoms with van der Waals surface area (Å²) < 4.78 is 0. The summed E-state index contributed by atoms with van der Waals surface area (Å²) >= 11 is 0. The van der Waals surface area contributed by atoms with Crippen LogP contribution in [0.25, 0.3) is 0 Å². The van der Waals surface area contributed by atoms with Gasteiger partial charge in [0.25, 0.3) is 0 Å². The van der Waals surface area contributed by atoms with Crippen LogP contribution in [0.5, 0.6) is 0 Å². The highest BCUT2D eigenvalue weighted by atomic mass is 16.2. The van der Waals surface area contributed by atoms with Gasteiger partial charge in [-0.2, -0.15) is 0 Å². The highest BCUT2D eigenvalue weighted by Gasteiger charge is 2.21. The molecule has 124 valence electrons. The van der Waals surface area contributed by atoms with Gasteiger partial charge in [-0.05, 0) is 36.5 Å². The van der Waals surface area contributed by atoms with E-state index in [0.717, 1.165) is 30.5 Å². The molecule has 0 unspecified atom stereocenters. The third kappa shape index (κ3) is 3.84. The minimum absolute atomic E-state index is 0.0816. The molecular weight excluding hydrogens is 290 g/mol. The van der Waals surface area contributed by atoms with Crippen molar-refractivity contribution >= 4 is 17.6 Å². The van der Waals surface area contributed by atoms with Crippen molar-refractivity contribution in [2.75, 3.05) is 11.9 Å². The molecule has 0 radical (unpaired) electrons. The van der Waals surface area contributed by atoms with Gasteiger partial charge in [0.2, 0.25) is 5.91 Å². The summed E-state index contributed by atoms with van der Waals surface area (Å²) in [6.45, 7) is 0.517. The van der Waals surface area contributed by atoms with Crippen LogP contribution in [0, 0.1) is 0 Å². The van der Waals surface area contributed by atoms with E-state index in [2.05, 4.69) is 16.7 Å². The Morgan fingerprint density at radius 3 is 2.78 bits per heavy atom. The minimum Gasteiger partial charge on any atom is -0.335 e. The van der Waals surface area contributed by atoms with E-state index >= 15 is 0 Å². The van der Waals surface area contributed by atoms with E-state index in [-0.39, 0.29) is 11.9 Å². The van der Waals surface area contributed by atoms with Gasteiger partial charge in [-0.3, -0.25) is 4.79 Å². The molecule has 2 aliphatic rings. The number of hydrogen-bond acceptors (Lipinski definition) is 2. The quantitative estimate of drug-likeness (QED) is 0.901. The molecule has 0 saturated heterocycles. The zero-order valence-electron chi connectivity index (χ0n) is 13.7. The summed E-state index contributed by atoms with van der Waals surface area (Å²) in [7, 11) is 1.82. The summed E-state index contributed by atoms with van der Waals surface area (Å²) in [5.41, 5.74) is 3.24. The molecule has 0 atom stereocenters. The molecule has 0 spiro atoms. The summed E-state index contributed by atoms with van der Waals surface area (Å²) in [6, 6.07) is 6.30. The van der Waals surface area contributed by atoms with Crippen LogP contribution in [-0.4, -0.2) is 25.0 Å². The monoisotopic (exact) mass is 315 g/mol. The van der Waals surface area contributed by atoms with Crippen LogP contribution in [-0.2, 0) is 17.8 Å². The first-order valence-corrected chi connectivity index (χ1v) is 8.56. The predicted molar refractivity (Wildman–Crippen MR) is 90.4 cm³/mol. The maximum absolute atomic E-state index is 12.0. The first-order valence-electron chi connectivity index (χ1n) is 8.56. The van der Waals surface area contributed by atoms with Crippen molar-refractivity contribution in [2.24, 2.45) is 0 Å². The Hall–Kier alpha value is -2.04. The fraction of sp³-hybridized carbons (Fsp3) is 0.556. The lowest BCUT2D eigenvalue weighted by Gasteiger charge is -2.26. The molecule has 1 heterocycles. The second-order valence-electron chi connectivity index (χ2n) is 6.58. The number of rotatable bonds is 3. The largest absolute Gasteiger partial charge is 0.335 e. The highest BCUT2D eigenvalue weighted by molar-refractivity contribution is 5.95. The van der Waals surface area contributed by atoms with Crippen LogP contribution in [0.3, 0.4) is 0 Å². The van der Waals surface area contributed by atoms with Crippen molar-refractivity contribution in [3.63, 3.8) is 0 Å². The first-order chi connectivity index (χ1) is 11.1. The number of nitrogens with zero attached hydrogens (tertiary/aromatic N) is 1. The predicted octanol–water partition coefficient (Wildman–Crippen LogP) is 2.73. The van der Waals surface area contributed by atoms with Gasteiger partial charge in [0, 0.05) is 31.7 Å². The van der Waals surface area contributed by atoms with Crippen LogP contribution in [0.15, 0.2) is 18.2 Å². The van der Waals surface area contributed by atoms with Gasteiger partial charge in [0.1, 0.15) is 0 Å². The zero-order valence-corrected chi connectivity index (χ0v) is 13.7. The van der Waals surface area contributed by atoms with Crippen molar-refractivity contribution in [1.29, 1.82) is 0 Å². The lowest BCUT2D eigenvalue weighted by atomic mass is 9.96. The second kappa shape index (κ2) is 7.02. The Balaban J connectivity index is 1.54. The molecule has 3 rings (SSSR count). The molecular formula is C18H25N3O2. The average molecular weight is 315 g/mol. The lowest BCUT2D eigenvalue weighted by Crippen LogP contribution is -2.42. The van der Waals surface area contributed by atoms with Gasteiger partial charge >= 0.3 is 6.03 Å². The minimum atomic E-state index is -0.0816. The van der Waals surface area contributed by atoms with Crippen molar-refractivity contribution in [1.82, 2.24) is 10.6 Å². The summed E-state index contributed by atoms with van der Waals surface area (Å²) in [4.78, 5) is 25.4. The summed E-state index contributed by atoms with van der Waals surface area (Å²) in [5, 5.41) is 6.00. The maximum atomic E-state index is 12.0. The Labute approximate surface area is 137 Å². The smallest absolute Gasteiger partial charge is 0.315 e. The lowest BCUT2D eigenvalue weighted by molar-refractivity contribution is -0.118. The molecule has 1 aliphatic heterocycles. The molecule has 1 fully saturated rings. The number of fused-ring (bicyclic) bond motifs is 1.